The normalized spacial score (nSPS) is 14.1. The van der Waals surface area contributed by atoms with Crippen molar-refractivity contribution in [3.05, 3.63) is 12.2 Å². The molecule has 0 amide bonds. The highest BCUT2D eigenvalue weighted by Crippen LogP contribution is 2.43. The first-order chi connectivity index (χ1) is 25.8. The summed E-state index contributed by atoms with van der Waals surface area (Å²) in [6, 6.07) is 0. The summed E-state index contributed by atoms with van der Waals surface area (Å²) in [7, 11) is -4.51. The van der Waals surface area contributed by atoms with E-state index in [1.807, 2.05) is 0 Å². The zero-order chi connectivity index (χ0) is 38.9. The van der Waals surface area contributed by atoms with E-state index in [1.54, 1.807) is 0 Å². The Bertz CT molecular complexity index is 841. The van der Waals surface area contributed by atoms with E-state index in [2.05, 4.69) is 26.0 Å². The van der Waals surface area contributed by atoms with Crippen LogP contribution in [0.25, 0.3) is 0 Å². The van der Waals surface area contributed by atoms with E-state index in [0.29, 0.717) is 6.61 Å². The van der Waals surface area contributed by atoms with Crippen molar-refractivity contribution in [1.82, 2.24) is 0 Å². The molecule has 0 aliphatic heterocycles. The number of rotatable bonds is 43. The Labute approximate surface area is 326 Å². The third-order valence-electron chi connectivity index (χ3n) is 9.70. The first kappa shape index (κ1) is 52.2. The van der Waals surface area contributed by atoms with Gasteiger partial charge in [-0.25, -0.2) is 4.57 Å². The van der Waals surface area contributed by atoms with Gasteiger partial charge in [0.2, 0.25) is 0 Å². The molecule has 10 heteroatoms. The molecule has 0 fully saturated rings. The molecule has 0 saturated carbocycles. The van der Waals surface area contributed by atoms with Crippen LogP contribution in [0.3, 0.4) is 0 Å². The SMILES string of the molecule is CCCCC/C=C\CCCCCCCC(=O)OC(COCCCCCCCCCCCCCCCCCCCCCC)COP(=O)(O)OCC(O)CO. The van der Waals surface area contributed by atoms with Gasteiger partial charge in [0, 0.05) is 13.0 Å². The van der Waals surface area contributed by atoms with Crippen LogP contribution in [0.2, 0.25) is 0 Å². The molecular formula is C43H85O9P. The summed E-state index contributed by atoms with van der Waals surface area (Å²) in [5.41, 5.74) is 0. The third kappa shape index (κ3) is 40.7. The van der Waals surface area contributed by atoms with Crippen molar-refractivity contribution in [2.24, 2.45) is 0 Å². The minimum absolute atomic E-state index is 0.0517. The van der Waals surface area contributed by atoms with Gasteiger partial charge in [0.1, 0.15) is 12.2 Å². The molecule has 0 aromatic carbocycles. The van der Waals surface area contributed by atoms with Crippen molar-refractivity contribution in [3.8, 4) is 0 Å². The minimum Gasteiger partial charge on any atom is -0.457 e. The third-order valence-corrected chi connectivity index (χ3v) is 10.7. The molecule has 0 aliphatic carbocycles. The number of phosphoric ester groups is 1. The number of carbonyl (C=O) groups is 1. The molecule has 53 heavy (non-hydrogen) atoms. The van der Waals surface area contributed by atoms with Crippen molar-refractivity contribution in [1.29, 1.82) is 0 Å². The zero-order valence-corrected chi connectivity index (χ0v) is 35.4. The molecule has 0 bridgehead atoms. The Hall–Kier alpha value is -0.800. The number of ether oxygens (including phenoxy) is 2. The molecule has 0 rings (SSSR count). The Kier molecular flexibility index (Phi) is 40.2. The van der Waals surface area contributed by atoms with Gasteiger partial charge in [0.25, 0.3) is 0 Å². The molecule has 3 unspecified atom stereocenters. The van der Waals surface area contributed by atoms with Crippen molar-refractivity contribution in [3.63, 3.8) is 0 Å². The lowest BCUT2D eigenvalue weighted by Crippen LogP contribution is -2.29. The predicted octanol–water partition coefficient (Wildman–Crippen LogP) is 12.1. The summed E-state index contributed by atoms with van der Waals surface area (Å²) < 4.78 is 33.3. The van der Waals surface area contributed by atoms with E-state index < -0.39 is 33.2 Å². The van der Waals surface area contributed by atoms with Crippen LogP contribution in [0.15, 0.2) is 12.2 Å². The zero-order valence-electron chi connectivity index (χ0n) is 34.5. The number of hydrogen-bond donors (Lipinski definition) is 3. The van der Waals surface area contributed by atoms with E-state index in [4.69, 9.17) is 23.6 Å². The number of hydrogen-bond acceptors (Lipinski definition) is 8. The second kappa shape index (κ2) is 40.9. The highest BCUT2D eigenvalue weighted by molar-refractivity contribution is 7.47. The maximum absolute atomic E-state index is 12.6. The quantitative estimate of drug-likeness (QED) is 0.0240. The Morgan fingerprint density at radius 2 is 0.962 bits per heavy atom. The van der Waals surface area contributed by atoms with Gasteiger partial charge in [0.15, 0.2) is 0 Å². The fourth-order valence-corrected chi connectivity index (χ4v) is 7.08. The number of unbranched alkanes of at least 4 members (excludes halogenated alkanes) is 27. The number of carbonyl (C=O) groups excluding carboxylic acids is 1. The highest BCUT2D eigenvalue weighted by Gasteiger charge is 2.26. The first-order valence-electron chi connectivity index (χ1n) is 22.2. The molecule has 0 saturated heterocycles. The smallest absolute Gasteiger partial charge is 0.457 e. The van der Waals surface area contributed by atoms with Crippen LogP contribution in [-0.4, -0.2) is 66.3 Å². The van der Waals surface area contributed by atoms with Crippen LogP contribution >= 0.6 is 7.82 Å². The molecule has 316 valence electrons. The molecule has 3 N–H and O–H groups in total. The van der Waals surface area contributed by atoms with Crippen molar-refractivity contribution in [2.75, 3.05) is 33.0 Å². The standard InChI is InChI=1S/C43H85O9P/c1-3-5-7-9-11-13-15-17-18-19-20-21-22-23-24-26-28-30-32-34-36-49-39-42(40-51-53(47,48)50-38-41(45)37-44)52-43(46)35-33-31-29-27-25-16-14-12-10-8-6-4-2/h12,14,41-42,44-45H,3-11,13,15-40H2,1-2H3,(H,47,48)/b14-12-. The van der Waals surface area contributed by atoms with Gasteiger partial charge in [-0.2, -0.15) is 0 Å². The molecule has 0 heterocycles. The molecule has 3 atom stereocenters. The van der Waals surface area contributed by atoms with Crippen LogP contribution in [0.4, 0.5) is 0 Å². The van der Waals surface area contributed by atoms with Gasteiger partial charge in [-0.1, -0.05) is 180 Å². The van der Waals surface area contributed by atoms with E-state index in [1.165, 1.54) is 141 Å². The predicted molar refractivity (Wildman–Crippen MR) is 219 cm³/mol. The van der Waals surface area contributed by atoms with Crippen LogP contribution in [-0.2, 0) is 27.9 Å². The van der Waals surface area contributed by atoms with E-state index >= 15 is 0 Å². The Morgan fingerprint density at radius 3 is 1.45 bits per heavy atom. The number of aliphatic hydroxyl groups excluding tert-OH is 2. The second-order valence-corrected chi connectivity index (χ2v) is 16.5. The lowest BCUT2D eigenvalue weighted by Gasteiger charge is -2.20. The van der Waals surface area contributed by atoms with Crippen molar-refractivity contribution < 1.29 is 43.0 Å². The first-order valence-corrected chi connectivity index (χ1v) is 23.7. The lowest BCUT2D eigenvalue weighted by molar-refractivity contribution is -0.154. The second-order valence-electron chi connectivity index (χ2n) is 15.1. The van der Waals surface area contributed by atoms with Crippen LogP contribution in [0, 0.1) is 0 Å². The van der Waals surface area contributed by atoms with E-state index in [9.17, 15) is 19.4 Å². The topological polar surface area (TPSA) is 132 Å². The molecule has 9 nitrogen and oxygen atoms in total. The highest BCUT2D eigenvalue weighted by atomic mass is 31.2. The molecule has 0 spiro atoms. The largest absolute Gasteiger partial charge is 0.472 e. The van der Waals surface area contributed by atoms with Gasteiger partial charge in [-0.15, -0.1) is 0 Å². The molecule has 0 radical (unpaired) electrons. The fourth-order valence-electron chi connectivity index (χ4n) is 6.29. The summed E-state index contributed by atoms with van der Waals surface area (Å²) >= 11 is 0. The maximum Gasteiger partial charge on any atom is 0.472 e. The summed E-state index contributed by atoms with van der Waals surface area (Å²) in [6.07, 6.45) is 40.3. The van der Waals surface area contributed by atoms with Gasteiger partial charge < -0.3 is 24.6 Å². The molecule has 0 aliphatic rings. The maximum atomic E-state index is 12.6. The molecule has 0 aromatic heterocycles. The van der Waals surface area contributed by atoms with Gasteiger partial charge in [-0.05, 0) is 38.5 Å². The van der Waals surface area contributed by atoms with Gasteiger partial charge in [0.05, 0.1) is 26.4 Å². The average molecular weight is 777 g/mol. The summed E-state index contributed by atoms with van der Waals surface area (Å²) in [5, 5.41) is 18.3. The molecular weight excluding hydrogens is 691 g/mol. The average Bonchev–Trinajstić information content (AvgIpc) is 3.15. The number of allylic oxidation sites excluding steroid dienone is 2. The minimum atomic E-state index is -4.51. The van der Waals surface area contributed by atoms with E-state index in [0.717, 1.165) is 51.4 Å². The van der Waals surface area contributed by atoms with Gasteiger partial charge >= 0.3 is 13.8 Å². The van der Waals surface area contributed by atoms with Crippen molar-refractivity contribution in [2.45, 2.75) is 225 Å². The Balaban J connectivity index is 4.07. The fraction of sp³-hybridized carbons (Fsp3) is 0.930. The van der Waals surface area contributed by atoms with Crippen LogP contribution in [0.1, 0.15) is 213 Å². The number of phosphoric acid groups is 1. The van der Waals surface area contributed by atoms with Gasteiger partial charge in [-0.3, -0.25) is 13.8 Å². The summed E-state index contributed by atoms with van der Waals surface area (Å²) in [4.78, 5) is 22.5. The van der Waals surface area contributed by atoms with Crippen LogP contribution in [0.5, 0.6) is 0 Å². The van der Waals surface area contributed by atoms with E-state index in [-0.39, 0.29) is 25.6 Å². The summed E-state index contributed by atoms with van der Waals surface area (Å²) in [5.74, 6) is -0.389. The lowest BCUT2D eigenvalue weighted by atomic mass is 10.0. The Morgan fingerprint density at radius 1 is 0.566 bits per heavy atom. The number of aliphatic hydroxyl groups is 2. The summed E-state index contributed by atoms with van der Waals surface area (Å²) in [6.45, 7) is 3.52. The monoisotopic (exact) mass is 777 g/mol. The number of esters is 1. The molecule has 0 aromatic rings. The van der Waals surface area contributed by atoms with Crippen molar-refractivity contribution >= 4 is 13.8 Å². The van der Waals surface area contributed by atoms with Crippen LogP contribution < -0.4 is 0 Å².